The van der Waals surface area contributed by atoms with Crippen molar-refractivity contribution in [3.63, 3.8) is 0 Å². The van der Waals surface area contributed by atoms with Gasteiger partial charge in [-0.1, -0.05) is 35.5 Å². The first kappa shape index (κ1) is 17.8. The highest BCUT2D eigenvalue weighted by molar-refractivity contribution is 7.89. The number of sulfonamides is 1. The van der Waals surface area contributed by atoms with E-state index < -0.39 is 10.0 Å². The van der Waals surface area contributed by atoms with Crippen molar-refractivity contribution in [2.24, 2.45) is 5.14 Å². The molecule has 0 saturated carbocycles. The summed E-state index contributed by atoms with van der Waals surface area (Å²) in [4.78, 5) is 8.81. The highest BCUT2D eigenvalue weighted by Gasteiger charge is 2.12. The Hall–Kier alpha value is -3.57. The fraction of sp³-hybridized carbons (Fsp3) is 0.0588. The van der Waals surface area contributed by atoms with Crippen LogP contribution in [-0.2, 0) is 16.6 Å². The molecule has 28 heavy (non-hydrogen) atoms. The Morgan fingerprint density at radius 2 is 1.75 bits per heavy atom. The quantitative estimate of drug-likeness (QED) is 0.385. The van der Waals surface area contributed by atoms with Gasteiger partial charge in [-0.3, -0.25) is 0 Å². The van der Waals surface area contributed by atoms with E-state index in [2.05, 4.69) is 36.0 Å². The van der Waals surface area contributed by atoms with Gasteiger partial charge in [0.05, 0.1) is 4.90 Å². The molecule has 0 radical (unpaired) electrons. The van der Waals surface area contributed by atoms with E-state index in [4.69, 9.17) is 5.14 Å². The van der Waals surface area contributed by atoms with Gasteiger partial charge in [0.25, 0.3) is 0 Å². The zero-order valence-corrected chi connectivity index (χ0v) is 15.3. The molecule has 2 aromatic heterocycles. The molecule has 4 aromatic rings. The number of hydrogen-bond acceptors (Lipinski definition) is 8. The van der Waals surface area contributed by atoms with E-state index in [1.54, 1.807) is 12.1 Å². The van der Waals surface area contributed by atoms with Gasteiger partial charge in [-0.15, -0.1) is 5.10 Å². The van der Waals surface area contributed by atoms with E-state index in [-0.39, 0.29) is 4.90 Å². The molecule has 0 saturated heterocycles. The van der Waals surface area contributed by atoms with Gasteiger partial charge in [-0.2, -0.15) is 9.97 Å². The number of fused-ring (bicyclic) bond motifs is 1. The Kier molecular flexibility index (Phi) is 4.59. The zero-order valence-electron chi connectivity index (χ0n) is 14.5. The van der Waals surface area contributed by atoms with Crippen molar-refractivity contribution in [2.75, 3.05) is 10.6 Å². The van der Waals surface area contributed by atoms with E-state index in [1.165, 1.54) is 12.1 Å². The van der Waals surface area contributed by atoms with Gasteiger partial charge in [0.15, 0.2) is 17.0 Å². The summed E-state index contributed by atoms with van der Waals surface area (Å²) in [6.07, 6.45) is 0. The number of H-pyrrole nitrogens is 1. The third kappa shape index (κ3) is 3.89. The van der Waals surface area contributed by atoms with Gasteiger partial charge in [0, 0.05) is 12.2 Å². The third-order valence-electron chi connectivity index (χ3n) is 3.93. The van der Waals surface area contributed by atoms with Crippen LogP contribution >= 0.6 is 0 Å². The van der Waals surface area contributed by atoms with Gasteiger partial charge < -0.3 is 10.6 Å². The number of anilines is 3. The molecule has 5 N–H and O–H groups in total. The molecule has 142 valence electrons. The fourth-order valence-corrected chi connectivity index (χ4v) is 3.08. The molecule has 11 heteroatoms. The maximum Gasteiger partial charge on any atom is 0.238 e. The van der Waals surface area contributed by atoms with E-state index in [1.807, 2.05) is 30.3 Å². The first-order valence-corrected chi connectivity index (χ1v) is 9.80. The fourth-order valence-electron chi connectivity index (χ4n) is 2.57. The second-order valence-electron chi connectivity index (χ2n) is 5.94. The molecule has 2 aromatic carbocycles. The van der Waals surface area contributed by atoms with Crippen molar-refractivity contribution in [3.8, 4) is 0 Å². The van der Waals surface area contributed by atoms with Gasteiger partial charge >= 0.3 is 0 Å². The predicted octanol–water partition coefficient (Wildman–Crippen LogP) is 1.75. The van der Waals surface area contributed by atoms with Gasteiger partial charge in [0.2, 0.25) is 16.0 Å². The molecule has 2 heterocycles. The van der Waals surface area contributed by atoms with Crippen LogP contribution in [0.2, 0.25) is 0 Å². The molecule has 0 fully saturated rings. The monoisotopic (exact) mass is 396 g/mol. The van der Waals surface area contributed by atoms with Crippen LogP contribution in [0.3, 0.4) is 0 Å². The molecular weight excluding hydrogens is 380 g/mol. The lowest BCUT2D eigenvalue weighted by Gasteiger charge is -2.09. The molecule has 0 unspecified atom stereocenters. The summed E-state index contributed by atoms with van der Waals surface area (Å²) in [7, 11) is -3.74. The Morgan fingerprint density at radius 3 is 2.46 bits per heavy atom. The molecule has 0 aliphatic heterocycles. The summed E-state index contributed by atoms with van der Waals surface area (Å²) in [6.45, 7) is 0.558. The van der Waals surface area contributed by atoms with Crippen molar-refractivity contribution >= 4 is 38.6 Å². The van der Waals surface area contributed by atoms with E-state index in [0.29, 0.717) is 35.2 Å². The highest BCUT2D eigenvalue weighted by Crippen LogP contribution is 2.22. The Labute approximate surface area is 160 Å². The van der Waals surface area contributed by atoms with E-state index >= 15 is 0 Å². The van der Waals surface area contributed by atoms with Crippen LogP contribution in [0.15, 0.2) is 59.5 Å². The average molecular weight is 396 g/mol. The number of nitrogens with two attached hydrogens (primary N) is 1. The minimum absolute atomic E-state index is 0.0254. The number of benzene rings is 2. The maximum atomic E-state index is 11.4. The summed E-state index contributed by atoms with van der Waals surface area (Å²) in [6, 6.07) is 15.8. The van der Waals surface area contributed by atoms with Crippen LogP contribution in [0.25, 0.3) is 11.2 Å². The standard InChI is InChI=1S/C17H16N8O2S/c18-28(26,27)13-8-6-12(7-9-13)20-17-21-15(14-16(22-17)24-25-23-14)19-10-11-4-2-1-3-5-11/h1-9H,10H2,(H2,18,26,27)(H3,19,20,21,22,23,24,25). The lowest BCUT2D eigenvalue weighted by atomic mass is 10.2. The largest absolute Gasteiger partial charge is 0.364 e. The first-order valence-electron chi connectivity index (χ1n) is 8.25. The molecule has 0 bridgehead atoms. The lowest BCUT2D eigenvalue weighted by molar-refractivity contribution is 0.598. The summed E-state index contributed by atoms with van der Waals surface area (Å²) < 4.78 is 22.7. The minimum atomic E-state index is -3.74. The van der Waals surface area contributed by atoms with Crippen molar-refractivity contribution in [1.82, 2.24) is 25.4 Å². The number of aromatic amines is 1. The van der Waals surface area contributed by atoms with Crippen molar-refractivity contribution in [3.05, 3.63) is 60.2 Å². The van der Waals surface area contributed by atoms with Crippen LogP contribution in [0.4, 0.5) is 17.5 Å². The smallest absolute Gasteiger partial charge is 0.238 e. The van der Waals surface area contributed by atoms with Crippen LogP contribution in [0.1, 0.15) is 5.56 Å². The number of hydrogen-bond donors (Lipinski definition) is 4. The lowest BCUT2D eigenvalue weighted by Crippen LogP contribution is -2.11. The molecule has 4 rings (SSSR count). The summed E-state index contributed by atoms with van der Waals surface area (Å²) in [5.74, 6) is 0.823. The van der Waals surface area contributed by atoms with Gasteiger partial charge in [-0.05, 0) is 29.8 Å². The molecule has 0 aliphatic rings. The van der Waals surface area contributed by atoms with Crippen molar-refractivity contribution in [1.29, 1.82) is 0 Å². The Balaban J connectivity index is 1.59. The number of rotatable bonds is 6. The minimum Gasteiger partial charge on any atom is -0.364 e. The SMILES string of the molecule is NS(=O)(=O)c1ccc(Nc2nc(NCc3ccccc3)c3nn[nH]c3n2)cc1. The van der Waals surface area contributed by atoms with Crippen LogP contribution in [0, 0.1) is 0 Å². The number of primary sulfonamides is 1. The van der Waals surface area contributed by atoms with Crippen LogP contribution in [0.5, 0.6) is 0 Å². The molecule has 0 spiro atoms. The zero-order chi connectivity index (χ0) is 19.6. The molecule has 0 atom stereocenters. The van der Waals surface area contributed by atoms with Crippen LogP contribution in [-0.4, -0.2) is 33.8 Å². The molecular formula is C17H16N8O2S. The van der Waals surface area contributed by atoms with E-state index in [9.17, 15) is 8.42 Å². The molecule has 10 nitrogen and oxygen atoms in total. The van der Waals surface area contributed by atoms with E-state index in [0.717, 1.165) is 5.56 Å². The van der Waals surface area contributed by atoms with Crippen molar-refractivity contribution < 1.29 is 8.42 Å². The first-order chi connectivity index (χ1) is 13.5. The maximum absolute atomic E-state index is 11.4. The van der Waals surface area contributed by atoms with Crippen molar-refractivity contribution in [2.45, 2.75) is 11.4 Å². The Morgan fingerprint density at radius 1 is 1.00 bits per heavy atom. The van der Waals surface area contributed by atoms with Crippen LogP contribution < -0.4 is 15.8 Å². The summed E-state index contributed by atoms with van der Waals surface area (Å²) in [5.41, 5.74) is 2.68. The second-order valence-corrected chi connectivity index (χ2v) is 7.50. The second kappa shape index (κ2) is 7.21. The average Bonchev–Trinajstić information content (AvgIpc) is 3.15. The topological polar surface area (TPSA) is 152 Å². The molecule has 0 amide bonds. The summed E-state index contributed by atoms with van der Waals surface area (Å²) >= 11 is 0. The third-order valence-corrected chi connectivity index (χ3v) is 4.86. The normalized spacial score (nSPS) is 11.5. The van der Waals surface area contributed by atoms with Gasteiger partial charge in [0.1, 0.15) is 0 Å². The predicted molar refractivity (Wildman–Crippen MR) is 104 cm³/mol. The Bertz CT molecular complexity index is 1210. The highest BCUT2D eigenvalue weighted by atomic mass is 32.2. The number of nitrogens with zero attached hydrogens (tertiary/aromatic N) is 4. The van der Waals surface area contributed by atoms with Gasteiger partial charge in [-0.25, -0.2) is 18.7 Å². The molecule has 0 aliphatic carbocycles. The number of aromatic nitrogens is 5. The number of nitrogens with one attached hydrogen (secondary N) is 3. The summed E-state index contributed by atoms with van der Waals surface area (Å²) in [5, 5.41) is 21.9.